The normalized spacial score (nSPS) is 21.0. The molecule has 2 unspecified atom stereocenters. The summed E-state index contributed by atoms with van der Waals surface area (Å²) < 4.78 is 13.6. The monoisotopic (exact) mass is 294 g/mol. The molecule has 1 aromatic rings. The summed E-state index contributed by atoms with van der Waals surface area (Å²) in [7, 11) is 0. The number of primary amides is 1. The highest BCUT2D eigenvalue weighted by molar-refractivity contribution is 5.97. The molecule has 0 aromatic heterocycles. The first kappa shape index (κ1) is 15.0. The number of benzene rings is 1. The molecule has 7 heteroatoms. The third-order valence-corrected chi connectivity index (χ3v) is 3.66. The predicted octanol–water partition coefficient (Wildman–Crippen LogP) is 1.36. The zero-order chi connectivity index (χ0) is 15.6. The minimum atomic E-state index is -0.924. The van der Waals surface area contributed by atoms with Crippen molar-refractivity contribution >= 4 is 23.5 Å². The van der Waals surface area contributed by atoms with Gasteiger partial charge < -0.3 is 16.2 Å². The Hall–Kier alpha value is -2.44. The lowest BCUT2D eigenvalue weighted by molar-refractivity contribution is -0.141. The zero-order valence-corrected chi connectivity index (χ0v) is 11.1. The Morgan fingerprint density at radius 1 is 1.24 bits per heavy atom. The number of aliphatic carboxylic acids is 1. The SMILES string of the molecule is NC(=O)c1ccc(F)c(NC(=O)C2CCC(C(=O)O)C2)c1. The van der Waals surface area contributed by atoms with E-state index in [1.807, 2.05) is 0 Å². The number of carboxylic acid groups (broad SMARTS) is 1. The van der Waals surface area contributed by atoms with Crippen LogP contribution in [0.4, 0.5) is 10.1 Å². The van der Waals surface area contributed by atoms with Crippen molar-refractivity contribution < 1.29 is 23.9 Å². The Kier molecular flexibility index (Phi) is 4.21. The Labute approximate surface area is 120 Å². The number of hydrogen-bond donors (Lipinski definition) is 3. The van der Waals surface area contributed by atoms with Gasteiger partial charge in [-0.15, -0.1) is 0 Å². The van der Waals surface area contributed by atoms with Crippen LogP contribution in [0.1, 0.15) is 29.6 Å². The molecular weight excluding hydrogens is 279 g/mol. The van der Waals surface area contributed by atoms with Crippen molar-refractivity contribution in [3.05, 3.63) is 29.6 Å². The second-order valence-electron chi connectivity index (χ2n) is 5.09. The average Bonchev–Trinajstić information content (AvgIpc) is 2.90. The molecule has 0 heterocycles. The van der Waals surface area contributed by atoms with Gasteiger partial charge in [0.15, 0.2) is 0 Å². The molecule has 2 rings (SSSR count). The van der Waals surface area contributed by atoms with E-state index >= 15 is 0 Å². The highest BCUT2D eigenvalue weighted by atomic mass is 19.1. The number of nitrogens with one attached hydrogen (secondary N) is 1. The second kappa shape index (κ2) is 5.90. The van der Waals surface area contributed by atoms with Crippen LogP contribution in [-0.4, -0.2) is 22.9 Å². The van der Waals surface area contributed by atoms with Gasteiger partial charge in [0, 0.05) is 11.5 Å². The zero-order valence-electron chi connectivity index (χ0n) is 11.1. The minimum Gasteiger partial charge on any atom is -0.481 e. The van der Waals surface area contributed by atoms with Crippen molar-refractivity contribution in [1.29, 1.82) is 0 Å². The molecule has 0 radical (unpaired) electrons. The molecule has 0 bridgehead atoms. The van der Waals surface area contributed by atoms with Crippen LogP contribution in [0.25, 0.3) is 0 Å². The molecule has 2 atom stereocenters. The topological polar surface area (TPSA) is 109 Å². The Balaban J connectivity index is 2.08. The van der Waals surface area contributed by atoms with E-state index in [2.05, 4.69) is 5.32 Å². The van der Waals surface area contributed by atoms with E-state index in [0.29, 0.717) is 12.8 Å². The van der Waals surface area contributed by atoms with E-state index in [9.17, 15) is 18.8 Å². The highest BCUT2D eigenvalue weighted by Crippen LogP contribution is 2.32. The molecule has 4 N–H and O–H groups in total. The molecule has 2 amide bonds. The van der Waals surface area contributed by atoms with Crippen LogP contribution in [0.3, 0.4) is 0 Å². The number of hydrogen-bond acceptors (Lipinski definition) is 3. The fourth-order valence-electron chi connectivity index (χ4n) is 2.45. The summed E-state index contributed by atoms with van der Waals surface area (Å²) >= 11 is 0. The van der Waals surface area contributed by atoms with E-state index < -0.39 is 35.4 Å². The quantitative estimate of drug-likeness (QED) is 0.778. The number of carbonyl (C=O) groups is 3. The van der Waals surface area contributed by atoms with Crippen LogP contribution in [0.5, 0.6) is 0 Å². The molecule has 6 nitrogen and oxygen atoms in total. The van der Waals surface area contributed by atoms with Crippen molar-refractivity contribution in [2.24, 2.45) is 17.6 Å². The van der Waals surface area contributed by atoms with Crippen molar-refractivity contribution in [2.45, 2.75) is 19.3 Å². The first-order chi connectivity index (χ1) is 9.88. The van der Waals surface area contributed by atoms with E-state index in [1.54, 1.807) is 0 Å². The minimum absolute atomic E-state index is 0.0848. The van der Waals surface area contributed by atoms with E-state index in [-0.39, 0.29) is 17.7 Å². The molecule has 1 saturated carbocycles. The van der Waals surface area contributed by atoms with Crippen LogP contribution >= 0.6 is 0 Å². The maximum absolute atomic E-state index is 13.6. The lowest BCUT2D eigenvalue weighted by Crippen LogP contribution is -2.22. The molecule has 1 aliphatic rings. The maximum atomic E-state index is 13.6. The van der Waals surface area contributed by atoms with Crippen LogP contribution in [0, 0.1) is 17.7 Å². The smallest absolute Gasteiger partial charge is 0.306 e. The van der Waals surface area contributed by atoms with Crippen LogP contribution in [-0.2, 0) is 9.59 Å². The Morgan fingerprint density at radius 3 is 2.48 bits per heavy atom. The third-order valence-electron chi connectivity index (χ3n) is 3.66. The maximum Gasteiger partial charge on any atom is 0.306 e. The standard InChI is InChI=1S/C14H15FN2O4/c15-10-4-3-7(12(16)18)6-11(10)17-13(19)8-1-2-9(5-8)14(20)21/h3-4,6,8-9H,1-2,5H2,(H2,16,18)(H,17,19)(H,20,21). The van der Waals surface area contributed by atoms with Crippen LogP contribution < -0.4 is 11.1 Å². The van der Waals surface area contributed by atoms with Gasteiger partial charge in [0.1, 0.15) is 5.82 Å². The molecule has 1 aliphatic carbocycles. The predicted molar refractivity (Wildman–Crippen MR) is 72.0 cm³/mol. The summed E-state index contributed by atoms with van der Waals surface area (Å²) in [6.07, 6.45) is 1.11. The summed E-state index contributed by atoms with van der Waals surface area (Å²) in [6, 6.07) is 3.44. The summed E-state index contributed by atoms with van der Waals surface area (Å²) in [5.41, 5.74) is 5.05. The lowest BCUT2D eigenvalue weighted by atomic mass is 10.0. The molecule has 1 aromatic carbocycles. The number of carboxylic acids is 1. The van der Waals surface area contributed by atoms with Crippen molar-refractivity contribution in [3.63, 3.8) is 0 Å². The number of carbonyl (C=O) groups excluding carboxylic acids is 2. The van der Waals surface area contributed by atoms with Gasteiger partial charge >= 0.3 is 5.97 Å². The molecule has 1 fully saturated rings. The van der Waals surface area contributed by atoms with Gasteiger partial charge in [0.05, 0.1) is 11.6 Å². The molecule has 0 spiro atoms. The number of amides is 2. The van der Waals surface area contributed by atoms with Crippen molar-refractivity contribution in [3.8, 4) is 0 Å². The average molecular weight is 294 g/mol. The number of nitrogens with two attached hydrogens (primary N) is 1. The van der Waals surface area contributed by atoms with Crippen molar-refractivity contribution in [2.75, 3.05) is 5.32 Å². The van der Waals surface area contributed by atoms with Gasteiger partial charge in [-0.05, 0) is 37.5 Å². The lowest BCUT2D eigenvalue weighted by Gasteiger charge is -2.12. The summed E-state index contributed by atoms with van der Waals surface area (Å²) in [5.74, 6) is -3.78. The third kappa shape index (κ3) is 3.36. The first-order valence-electron chi connectivity index (χ1n) is 6.51. The fourth-order valence-corrected chi connectivity index (χ4v) is 2.45. The van der Waals surface area contributed by atoms with Gasteiger partial charge in [-0.2, -0.15) is 0 Å². The van der Waals surface area contributed by atoms with Gasteiger partial charge in [0.2, 0.25) is 11.8 Å². The van der Waals surface area contributed by atoms with E-state index in [0.717, 1.165) is 6.07 Å². The van der Waals surface area contributed by atoms with Crippen LogP contribution in [0.2, 0.25) is 0 Å². The number of halogens is 1. The molecule has 0 aliphatic heterocycles. The van der Waals surface area contributed by atoms with Gasteiger partial charge in [-0.1, -0.05) is 0 Å². The summed E-state index contributed by atoms with van der Waals surface area (Å²) in [5, 5.41) is 11.3. The van der Waals surface area contributed by atoms with E-state index in [1.165, 1.54) is 12.1 Å². The van der Waals surface area contributed by atoms with Gasteiger partial charge in [-0.3, -0.25) is 14.4 Å². The molecule has 21 heavy (non-hydrogen) atoms. The second-order valence-corrected chi connectivity index (χ2v) is 5.09. The Morgan fingerprint density at radius 2 is 1.90 bits per heavy atom. The largest absolute Gasteiger partial charge is 0.481 e. The van der Waals surface area contributed by atoms with Crippen molar-refractivity contribution in [1.82, 2.24) is 0 Å². The molecule has 112 valence electrons. The van der Waals surface area contributed by atoms with Gasteiger partial charge in [-0.25, -0.2) is 4.39 Å². The Bertz CT molecular complexity index is 603. The summed E-state index contributed by atoms with van der Waals surface area (Å²) in [4.78, 5) is 33.9. The summed E-state index contributed by atoms with van der Waals surface area (Å²) in [6.45, 7) is 0. The number of anilines is 1. The first-order valence-corrected chi connectivity index (χ1v) is 6.51. The highest BCUT2D eigenvalue weighted by Gasteiger charge is 2.34. The van der Waals surface area contributed by atoms with Crippen LogP contribution in [0.15, 0.2) is 18.2 Å². The molecule has 0 saturated heterocycles. The molecular formula is C14H15FN2O4. The van der Waals surface area contributed by atoms with Gasteiger partial charge in [0.25, 0.3) is 0 Å². The number of rotatable bonds is 4. The van der Waals surface area contributed by atoms with E-state index in [4.69, 9.17) is 10.8 Å². The fraction of sp³-hybridized carbons (Fsp3) is 0.357.